The fraction of sp³-hybridized carbons (Fsp3) is 0.583. The van der Waals surface area contributed by atoms with Crippen LogP contribution in [-0.4, -0.2) is 42.2 Å². The van der Waals surface area contributed by atoms with E-state index in [1.54, 1.807) is 26.1 Å². The fourth-order valence-corrected chi connectivity index (χ4v) is 3.49. The molecule has 1 atom stereocenters. The maximum Gasteiger partial charge on any atom is 0.216 e. The van der Waals surface area contributed by atoms with Gasteiger partial charge in [0.05, 0.1) is 11.8 Å². The van der Waals surface area contributed by atoms with E-state index in [9.17, 15) is 8.42 Å². The normalized spacial score (nSPS) is 20.9. The molecule has 0 aliphatic carbocycles. The fourth-order valence-electron chi connectivity index (χ4n) is 1.93. The van der Waals surface area contributed by atoms with Gasteiger partial charge in [0, 0.05) is 23.3 Å². The van der Waals surface area contributed by atoms with Crippen LogP contribution in [0.3, 0.4) is 0 Å². The van der Waals surface area contributed by atoms with Crippen LogP contribution in [0.5, 0.6) is 5.88 Å². The third kappa shape index (κ3) is 3.46. The molecule has 1 aromatic heterocycles. The summed E-state index contributed by atoms with van der Waals surface area (Å²) < 4.78 is 32.1. The highest BCUT2D eigenvalue weighted by molar-refractivity contribution is 9.10. The number of aromatic nitrogens is 1. The summed E-state index contributed by atoms with van der Waals surface area (Å²) in [5, 5.41) is -0.392. The lowest BCUT2D eigenvalue weighted by atomic mass is 10.3. The zero-order chi connectivity index (χ0) is 14.0. The van der Waals surface area contributed by atoms with Crippen LogP contribution in [0.2, 0.25) is 0 Å². The van der Waals surface area contributed by atoms with Gasteiger partial charge >= 0.3 is 0 Å². The molecule has 0 aromatic carbocycles. The van der Waals surface area contributed by atoms with Gasteiger partial charge in [0.2, 0.25) is 15.9 Å². The van der Waals surface area contributed by atoms with Gasteiger partial charge in [-0.25, -0.2) is 13.4 Å². The Labute approximate surface area is 122 Å². The van der Waals surface area contributed by atoms with Gasteiger partial charge in [0.15, 0.2) is 0 Å². The molecule has 1 aromatic rings. The number of hydrogen-bond donors (Lipinski definition) is 0. The van der Waals surface area contributed by atoms with Gasteiger partial charge in [-0.05, 0) is 42.3 Å². The molecule has 19 heavy (non-hydrogen) atoms. The second-order valence-corrected chi connectivity index (χ2v) is 8.20. The molecule has 1 aliphatic heterocycles. The lowest BCUT2D eigenvalue weighted by Gasteiger charge is -2.19. The second kappa shape index (κ2) is 5.76. The van der Waals surface area contributed by atoms with E-state index in [0.717, 1.165) is 4.47 Å². The summed E-state index contributed by atoms with van der Waals surface area (Å²) in [7, 11) is -3.18. The zero-order valence-corrected chi connectivity index (χ0v) is 13.3. The van der Waals surface area contributed by atoms with Crippen molar-refractivity contribution in [2.75, 3.05) is 13.1 Å². The number of hydrogen-bond acceptors (Lipinski definition) is 4. The molecule has 0 amide bonds. The van der Waals surface area contributed by atoms with Gasteiger partial charge < -0.3 is 4.74 Å². The highest BCUT2D eigenvalue weighted by Crippen LogP contribution is 2.21. The van der Waals surface area contributed by atoms with Gasteiger partial charge in [0.25, 0.3) is 0 Å². The molecule has 1 saturated heterocycles. The van der Waals surface area contributed by atoms with Gasteiger partial charge in [-0.2, -0.15) is 4.31 Å². The van der Waals surface area contributed by atoms with Crippen LogP contribution in [0.25, 0.3) is 0 Å². The van der Waals surface area contributed by atoms with Crippen molar-refractivity contribution < 1.29 is 13.2 Å². The van der Waals surface area contributed by atoms with E-state index in [1.807, 2.05) is 6.07 Å². The summed E-state index contributed by atoms with van der Waals surface area (Å²) in [6, 6.07) is 3.61. The monoisotopic (exact) mass is 348 g/mol. The molecule has 1 unspecified atom stereocenters. The molecule has 5 nitrogen and oxygen atoms in total. The minimum Gasteiger partial charge on any atom is -0.473 e. The Bertz CT molecular complexity index is 530. The molecule has 1 fully saturated rings. The van der Waals surface area contributed by atoms with Crippen LogP contribution in [-0.2, 0) is 10.0 Å². The Morgan fingerprint density at radius 1 is 1.47 bits per heavy atom. The Balaban J connectivity index is 1.98. The molecule has 1 aliphatic rings. The second-order valence-electron chi connectivity index (χ2n) is 4.79. The molecule has 0 saturated carbocycles. The Kier molecular flexibility index (Phi) is 4.47. The van der Waals surface area contributed by atoms with Gasteiger partial charge in [-0.15, -0.1) is 0 Å². The quantitative estimate of drug-likeness (QED) is 0.835. The Morgan fingerprint density at radius 3 is 2.79 bits per heavy atom. The number of pyridine rings is 1. The first-order chi connectivity index (χ1) is 8.89. The minimum absolute atomic E-state index is 0.123. The van der Waals surface area contributed by atoms with E-state index in [-0.39, 0.29) is 6.10 Å². The van der Waals surface area contributed by atoms with E-state index in [2.05, 4.69) is 20.9 Å². The highest BCUT2D eigenvalue weighted by atomic mass is 79.9. The standard InChI is InChI=1S/C12H17BrN2O3S/c1-9(2)19(16,17)15-6-5-11(8-15)18-12-4-3-10(13)7-14-12/h3-4,7,9,11H,5-6,8H2,1-2H3. The van der Waals surface area contributed by atoms with E-state index >= 15 is 0 Å². The lowest BCUT2D eigenvalue weighted by Crippen LogP contribution is -2.35. The molecular weight excluding hydrogens is 332 g/mol. The van der Waals surface area contributed by atoms with Gasteiger partial charge in [-0.3, -0.25) is 0 Å². The third-order valence-electron chi connectivity index (χ3n) is 3.05. The average Bonchev–Trinajstić information content (AvgIpc) is 2.81. The van der Waals surface area contributed by atoms with Crippen molar-refractivity contribution in [3.8, 4) is 5.88 Å². The van der Waals surface area contributed by atoms with Crippen molar-refractivity contribution in [2.24, 2.45) is 0 Å². The van der Waals surface area contributed by atoms with Crippen molar-refractivity contribution in [2.45, 2.75) is 31.6 Å². The molecule has 0 spiro atoms. The van der Waals surface area contributed by atoms with Crippen LogP contribution in [0.4, 0.5) is 0 Å². The molecule has 0 N–H and O–H groups in total. The topological polar surface area (TPSA) is 59.5 Å². The summed E-state index contributed by atoms with van der Waals surface area (Å²) in [6.07, 6.45) is 2.23. The van der Waals surface area contributed by atoms with Crippen molar-refractivity contribution in [3.63, 3.8) is 0 Å². The average molecular weight is 349 g/mol. The highest BCUT2D eigenvalue weighted by Gasteiger charge is 2.34. The first kappa shape index (κ1) is 14.7. The number of halogens is 1. The van der Waals surface area contributed by atoms with Crippen LogP contribution < -0.4 is 4.74 Å². The lowest BCUT2D eigenvalue weighted by molar-refractivity contribution is 0.207. The Morgan fingerprint density at radius 2 is 2.21 bits per heavy atom. The number of sulfonamides is 1. The van der Waals surface area contributed by atoms with Crippen molar-refractivity contribution >= 4 is 26.0 Å². The summed E-state index contributed by atoms with van der Waals surface area (Å²) >= 11 is 3.30. The van der Waals surface area contributed by atoms with Gasteiger partial charge in [0.1, 0.15) is 6.10 Å². The first-order valence-corrected chi connectivity index (χ1v) is 8.46. The number of rotatable bonds is 4. The maximum atomic E-state index is 12.0. The summed E-state index contributed by atoms with van der Waals surface area (Å²) in [5.74, 6) is 0.525. The van der Waals surface area contributed by atoms with E-state index in [0.29, 0.717) is 25.4 Å². The molecule has 2 heterocycles. The number of ether oxygens (including phenoxy) is 1. The first-order valence-electron chi connectivity index (χ1n) is 6.17. The van der Waals surface area contributed by atoms with E-state index in [1.165, 1.54) is 4.31 Å². The van der Waals surface area contributed by atoms with Crippen LogP contribution in [0.15, 0.2) is 22.8 Å². The van der Waals surface area contributed by atoms with Crippen LogP contribution >= 0.6 is 15.9 Å². The third-order valence-corrected chi connectivity index (χ3v) is 5.76. The van der Waals surface area contributed by atoms with Gasteiger partial charge in [-0.1, -0.05) is 0 Å². The molecule has 7 heteroatoms. The predicted molar refractivity (Wildman–Crippen MR) is 76.6 cm³/mol. The Hall–Kier alpha value is -0.660. The molecule has 106 valence electrons. The summed E-state index contributed by atoms with van der Waals surface area (Å²) in [5.41, 5.74) is 0. The molecule has 0 radical (unpaired) electrons. The zero-order valence-electron chi connectivity index (χ0n) is 10.9. The molecular formula is C12H17BrN2O3S. The largest absolute Gasteiger partial charge is 0.473 e. The smallest absolute Gasteiger partial charge is 0.216 e. The molecule has 0 bridgehead atoms. The molecule has 2 rings (SSSR count). The van der Waals surface area contributed by atoms with Crippen LogP contribution in [0.1, 0.15) is 20.3 Å². The summed E-state index contributed by atoms with van der Waals surface area (Å²) in [6.45, 7) is 4.31. The maximum absolute atomic E-state index is 12.0. The van der Waals surface area contributed by atoms with Crippen molar-refractivity contribution in [3.05, 3.63) is 22.8 Å². The minimum atomic E-state index is -3.18. The van der Waals surface area contributed by atoms with E-state index < -0.39 is 15.3 Å². The predicted octanol–water partition coefficient (Wildman–Crippen LogP) is 2.04. The van der Waals surface area contributed by atoms with Crippen molar-refractivity contribution in [1.82, 2.24) is 9.29 Å². The van der Waals surface area contributed by atoms with E-state index in [4.69, 9.17) is 4.74 Å². The summed E-state index contributed by atoms with van der Waals surface area (Å²) in [4.78, 5) is 4.13. The number of nitrogens with zero attached hydrogens (tertiary/aromatic N) is 2. The van der Waals surface area contributed by atoms with Crippen LogP contribution in [0, 0.1) is 0 Å². The van der Waals surface area contributed by atoms with Crippen molar-refractivity contribution in [1.29, 1.82) is 0 Å². The SMILES string of the molecule is CC(C)S(=O)(=O)N1CCC(Oc2ccc(Br)cn2)C1.